The molecule has 3 heteroatoms. The molecule has 2 aromatic carbocycles. The van der Waals surface area contributed by atoms with Crippen molar-refractivity contribution in [3.05, 3.63) is 63.1 Å². The third-order valence-electron chi connectivity index (χ3n) is 3.62. The number of aromatic nitrogens is 1. The summed E-state index contributed by atoms with van der Waals surface area (Å²) in [5.74, 6) is 0. The van der Waals surface area contributed by atoms with Gasteiger partial charge in [-0.15, -0.1) is 0 Å². The lowest BCUT2D eigenvalue weighted by Crippen LogP contribution is -1.89. The van der Waals surface area contributed by atoms with E-state index in [0.29, 0.717) is 0 Å². The molecule has 1 aliphatic carbocycles. The van der Waals surface area contributed by atoms with Crippen molar-refractivity contribution in [2.45, 2.75) is 6.42 Å². The number of hydrogen-bond donors (Lipinski definition) is 0. The van der Waals surface area contributed by atoms with Gasteiger partial charge in [0.2, 0.25) is 0 Å². The Kier molecular flexibility index (Phi) is 2.44. The highest BCUT2D eigenvalue weighted by Gasteiger charge is 2.23. The van der Waals surface area contributed by atoms with E-state index in [1.54, 1.807) is 0 Å². The van der Waals surface area contributed by atoms with Crippen LogP contribution >= 0.6 is 27.5 Å². The maximum Gasteiger partial charge on any atom is 0.0762 e. The van der Waals surface area contributed by atoms with E-state index in [0.717, 1.165) is 38.1 Å². The monoisotopic (exact) mass is 329 g/mol. The Labute approximate surface area is 124 Å². The predicted octanol–water partition coefficient (Wildman–Crippen LogP) is 5.22. The van der Waals surface area contributed by atoms with E-state index in [1.807, 2.05) is 18.2 Å². The van der Waals surface area contributed by atoms with E-state index < -0.39 is 0 Å². The van der Waals surface area contributed by atoms with Gasteiger partial charge >= 0.3 is 0 Å². The lowest BCUT2D eigenvalue weighted by atomic mass is 10.1. The molecule has 0 atom stereocenters. The number of rotatable bonds is 0. The summed E-state index contributed by atoms with van der Waals surface area (Å²) >= 11 is 10.1. The largest absolute Gasteiger partial charge is 0.247 e. The fraction of sp³-hybridized carbons (Fsp3) is 0.0625. The molecular weight excluding hydrogens is 322 g/mol. The quantitative estimate of drug-likeness (QED) is 0.430. The molecule has 1 aliphatic rings. The Morgan fingerprint density at radius 3 is 2.84 bits per heavy atom. The molecule has 0 radical (unpaired) electrons. The molecule has 0 saturated heterocycles. The number of pyridine rings is 1. The molecule has 19 heavy (non-hydrogen) atoms. The van der Waals surface area contributed by atoms with Crippen LogP contribution in [0.3, 0.4) is 0 Å². The van der Waals surface area contributed by atoms with Crippen LogP contribution < -0.4 is 0 Å². The second-order valence-electron chi connectivity index (χ2n) is 4.75. The van der Waals surface area contributed by atoms with Crippen LogP contribution in [0.15, 0.2) is 46.9 Å². The Balaban J connectivity index is 2.10. The topological polar surface area (TPSA) is 12.9 Å². The fourth-order valence-electron chi connectivity index (χ4n) is 2.72. The lowest BCUT2D eigenvalue weighted by Gasteiger charge is -2.07. The van der Waals surface area contributed by atoms with Crippen molar-refractivity contribution in [1.29, 1.82) is 0 Å². The van der Waals surface area contributed by atoms with Gasteiger partial charge in [0, 0.05) is 27.4 Å². The molecule has 0 spiro atoms. The molecule has 0 N–H and O–H groups in total. The highest BCUT2D eigenvalue weighted by Crippen LogP contribution is 2.41. The van der Waals surface area contributed by atoms with Gasteiger partial charge in [0.25, 0.3) is 0 Å². The van der Waals surface area contributed by atoms with Crippen molar-refractivity contribution < 1.29 is 0 Å². The summed E-state index contributed by atoms with van der Waals surface area (Å²) in [6, 6.07) is 14.4. The molecule has 1 aromatic heterocycles. The smallest absolute Gasteiger partial charge is 0.0762 e. The summed E-state index contributed by atoms with van der Waals surface area (Å²) in [5.41, 5.74) is 5.65. The minimum atomic E-state index is 0.831. The summed E-state index contributed by atoms with van der Waals surface area (Å²) in [5, 5.41) is 1.85. The predicted molar refractivity (Wildman–Crippen MR) is 82.7 cm³/mol. The molecule has 3 aromatic rings. The van der Waals surface area contributed by atoms with Gasteiger partial charge in [-0.1, -0.05) is 51.8 Å². The van der Waals surface area contributed by atoms with Crippen molar-refractivity contribution in [2.24, 2.45) is 0 Å². The molecule has 92 valence electrons. The first-order valence-corrected chi connectivity index (χ1v) is 7.27. The maximum absolute atomic E-state index is 6.59. The van der Waals surface area contributed by atoms with E-state index in [-0.39, 0.29) is 0 Å². The molecule has 0 unspecified atom stereocenters. The molecule has 1 heterocycles. The van der Waals surface area contributed by atoms with Crippen LogP contribution in [0, 0.1) is 0 Å². The molecule has 0 aliphatic heterocycles. The van der Waals surface area contributed by atoms with Crippen LogP contribution in [-0.4, -0.2) is 4.98 Å². The molecule has 4 rings (SSSR count). The molecular formula is C16H9BrClN. The Morgan fingerprint density at radius 1 is 1.11 bits per heavy atom. The average Bonchev–Trinajstić information content (AvgIpc) is 2.79. The minimum absolute atomic E-state index is 0.831. The van der Waals surface area contributed by atoms with Gasteiger partial charge in [-0.3, -0.25) is 0 Å². The van der Waals surface area contributed by atoms with Crippen LogP contribution in [-0.2, 0) is 6.42 Å². The summed E-state index contributed by atoms with van der Waals surface area (Å²) in [4.78, 5) is 4.79. The molecule has 0 amide bonds. The molecule has 0 fully saturated rings. The number of halogens is 2. The van der Waals surface area contributed by atoms with E-state index in [4.69, 9.17) is 16.6 Å². The zero-order valence-corrected chi connectivity index (χ0v) is 12.3. The van der Waals surface area contributed by atoms with Crippen LogP contribution in [0.1, 0.15) is 11.1 Å². The highest BCUT2D eigenvalue weighted by atomic mass is 79.9. The van der Waals surface area contributed by atoms with Crippen molar-refractivity contribution in [2.75, 3.05) is 0 Å². The first-order chi connectivity index (χ1) is 9.24. The zero-order chi connectivity index (χ0) is 13.0. The molecule has 0 bridgehead atoms. The van der Waals surface area contributed by atoms with E-state index in [2.05, 4.69) is 40.2 Å². The molecule has 1 nitrogen and oxygen atoms in total. The first kappa shape index (κ1) is 11.4. The summed E-state index contributed by atoms with van der Waals surface area (Å²) in [6.07, 6.45) is 0.875. The SMILES string of the molecule is Clc1c2c(nc3ccc(Br)cc13)-c1ccccc1C2. The fourth-order valence-corrected chi connectivity index (χ4v) is 3.38. The van der Waals surface area contributed by atoms with Gasteiger partial charge in [0.1, 0.15) is 0 Å². The number of fused-ring (bicyclic) bond motifs is 4. The van der Waals surface area contributed by atoms with E-state index in [1.165, 1.54) is 11.1 Å². The van der Waals surface area contributed by atoms with Gasteiger partial charge in [-0.2, -0.15) is 0 Å². The van der Waals surface area contributed by atoms with Crippen LogP contribution in [0.4, 0.5) is 0 Å². The van der Waals surface area contributed by atoms with Gasteiger partial charge in [-0.25, -0.2) is 4.98 Å². The first-order valence-electron chi connectivity index (χ1n) is 6.10. The second-order valence-corrected chi connectivity index (χ2v) is 6.04. The third-order valence-corrected chi connectivity index (χ3v) is 4.54. The Hall–Kier alpha value is -1.38. The lowest BCUT2D eigenvalue weighted by molar-refractivity contribution is 1.25. The summed E-state index contributed by atoms with van der Waals surface area (Å²) in [6.45, 7) is 0. The van der Waals surface area contributed by atoms with E-state index >= 15 is 0 Å². The maximum atomic E-state index is 6.59. The average molecular weight is 331 g/mol. The number of benzene rings is 2. The van der Waals surface area contributed by atoms with Crippen LogP contribution in [0.5, 0.6) is 0 Å². The zero-order valence-electron chi connectivity index (χ0n) is 9.95. The Morgan fingerprint density at radius 2 is 1.95 bits per heavy atom. The van der Waals surface area contributed by atoms with Crippen LogP contribution in [0.25, 0.3) is 22.2 Å². The van der Waals surface area contributed by atoms with Crippen molar-refractivity contribution >= 4 is 38.4 Å². The van der Waals surface area contributed by atoms with Crippen molar-refractivity contribution in [3.8, 4) is 11.3 Å². The summed E-state index contributed by atoms with van der Waals surface area (Å²) in [7, 11) is 0. The van der Waals surface area contributed by atoms with Crippen LogP contribution in [0.2, 0.25) is 5.02 Å². The number of hydrogen-bond acceptors (Lipinski definition) is 1. The van der Waals surface area contributed by atoms with Crippen molar-refractivity contribution in [1.82, 2.24) is 4.98 Å². The highest BCUT2D eigenvalue weighted by molar-refractivity contribution is 9.10. The van der Waals surface area contributed by atoms with Gasteiger partial charge < -0.3 is 0 Å². The summed E-state index contributed by atoms with van der Waals surface area (Å²) < 4.78 is 1.03. The Bertz CT molecular complexity index is 826. The normalized spacial score (nSPS) is 12.5. The van der Waals surface area contributed by atoms with Gasteiger partial charge in [0.15, 0.2) is 0 Å². The van der Waals surface area contributed by atoms with Gasteiger partial charge in [0.05, 0.1) is 16.2 Å². The standard InChI is InChI=1S/C16H9BrClN/c17-10-5-6-14-12(8-10)15(18)13-7-9-3-1-2-4-11(9)16(13)19-14/h1-6,8H,7H2. The van der Waals surface area contributed by atoms with Gasteiger partial charge in [-0.05, 0) is 23.8 Å². The minimum Gasteiger partial charge on any atom is -0.247 e. The van der Waals surface area contributed by atoms with Crippen molar-refractivity contribution in [3.63, 3.8) is 0 Å². The third kappa shape index (κ3) is 1.63. The second kappa shape index (κ2) is 4.06. The molecule has 0 saturated carbocycles. The number of nitrogens with zero attached hydrogens (tertiary/aromatic N) is 1. The van der Waals surface area contributed by atoms with E-state index in [9.17, 15) is 0 Å².